The Morgan fingerprint density at radius 1 is 1.50 bits per heavy atom. The normalized spacial score (nSPS) is 54.2. The van der Waals surface area contributed by atoms with Crippen LogP contribution in [0.15, 0.2) is 12.2 Å². The SMILES string of the molecule is O=C1NC2C=CC3C(C2)C13. The Morgan fingerprint density at radius 2 is 2.40 bits per heavy atom. The highest BCUT2D eigenvalue weighted by molar-refractivity contribution is 5.85. The van der Waals surface area contributed by atoms with Gasteiger partial charge in [-0.05, 0) is 18.3 Å². The maximum Gasteiger partial charge on any atom is 0.224 e. The van der Waals surface area contributed by atoms with Crippen LogP contribution in [0.4, 0.5) is 0 Å². The minimum atomic E-state index is 0.288. The molecule has 2 aliphatic carbocycles. The van der Waals surface area contributed by atoms with E-state index in [4.69, 9.17) is 0 Å². The van der Waals surface area contributed by atoms with Gasteiger partial charge in [-0.15, -0.1) is 0 Å². The predicted octanol–water partition coefficient (Wildman–Crippen LogP) is 0.307. The van der Waals surface area contributed by atoms with Crippen molar-refractivity contribution in [1.29, 1.82) is 0 Å². The van der Waals surface area contributed by atoms with E-state index in [0.29, 0.717) is 23.8 Å². The van der Waals surface area contributed by atoms with Crippen LogP contribution in [0.3, 0.4) is 0 Å². The molecular weight excluding hydrogens is 126 g/mol. The molecule has 1 saturated heterocycles. The van der Waals surface area contributed by atoms with Crippen LogP contribution in [0.2, 0.25) is 0 Å². The van der Waals surface area contributed by atoms with Crippen LogP contribution in [0.5, 0.6) is 0 Å². The van der Waals surface area contributed by atoms with E-state index in [1.807, 2.05) is 0 Å². The van der Waals surface area contributed by atoms with Crippen molar-refractivity contribution in [3.63, 3.8) is 0 Å². The van der Waals surface area contributed by atoms with Crippen molar-refractivity contribution in [3.05, 3.63) is 12.2 Å². The van der Waals surface area contributed by atoms with Crippen molar-refractivity contribution in [2.45, 2.75) is 12.5 Å². The van der Waals surface area contributed by atoms with Crippen molar-refractivity contribution in [1.82, 2.24) is 5.32 Å². The number of amides is 1. The molecule has 3 aliphatic rings. The summed E-state index contributed by atoms with van der Waals surface area (Å²) in [6.45, 7) is 0. The summed E-state index contributed by atoms with van der Waals surface area (Å²) in [4.78, 5) is 11.1. The molecule has 0 aromatic rings. The lowest BCUT2D eigenvalue weighted by molar-refractivity contribution is -0.124. The molecule has 4 atom stereocenters. The van der Waals surface area contributed by atoms with Crippen molar-refractivity contribution < 1.29 is 4.79 Å². The second-order valence-electron chi connectivity index (χ2n) is 3.50. The monoisotopic (exact) mass is 135 g/mol. The summed E-state index contributed by atoms with van der Waals surface area (Å²) < 4.78 is 0. The lowest BCUT2D eigenvalue weighted by Crippen LogP contribution is -2.38. The first-order valence-electron chi connectivity index (χ1n) is 3.85. The Morgan fingerprint density at radius 3 is 3.30 bits per heavy atom. The summed E-state index contributed by atoms with van der Waals surface area (Å²) in [5.74, 6) is 1.97. The topological polar surface area (TPSA) is 29.1 Å². The quantitative estimate of drug-likeness (QED) is 0.476. The lowest BCUT2D eigenvalue weighted by Gasteiger charge is -2.19. The van der Waals surface area contributed by atoms with Gasteiger partial charge in [0.05, 0.1) is 0 Å². The molecule has 2 bridgehead atoms. The van der Waals surface area contributed by atoms with E-state index < -0.39 is 0 Å². The maximum absolute atomic E-state index is 11.1. The zero-order valence-corrected chi connectivity index (χ0v) is 5.58. The van der Waals surface area contributed by atoms with Crippen molar-refractivity contribution in [2.75, 3.05) is 0 Å². The first-order chi connectivity index (χ1) is 4.86. The second-order valence-corrected chi connectivity index (χ2v) is 3.50. The van der Waals surface area contributed by atoms with Gasteiger partial charge in [0.1, 0.15) is 0 Å². The van der Waals surface area contributed by atoms with Crippen LogP contribution in [-0.2, 0) is 4.79 Å². The molecule has 0 radical (unpaired) electrons. The first-order valence-corrected chi connectivity index (χ1v) is 3.85. The molecule has 52 valence electrons. The summed E-state index contributed by atoms with van der Waals surface area (Å²) in [5.41, 5.74) is 0. The number of nitrogens with one attached hydrogen (secondary N) is 1. The number of hydrogen-bond acceptors (Lipinski definition) is 1. The Labute approximate surface area is 59.3 Å². The van der Waals surface area contributed by atoms with Gasteiger partial charge >= 0.3 is 0 Å². The lowest BCUT2D eigenvalue weighted by atomic mass is 10.0. The van der Waals surface area contributed by atoms with Crippen LogP contribution >= 0.6 is 0 Å². The van der Waals surface area contributed by atoms with E-state index in [9.17, 15) is 4.79 Å². The summed E-state index contributed by atoms with van der Waals surface area (Å²) >= 11 is 0. The van der Waals surface area contributed by atoms with Crippen LogP contribution in [0.1, 0.15) is 6.42 Å². The molecule has 1 saturated carbocycles. The molecule has 4 unspecified atom stereocenters. The molecule has 0 spiro atoms. The Hall–Kier alpha value is -0.790. The molecule has 3 rings (SSSR count). The summed E-state index contributed by atoms with van der Waals surface area (Å²) in [6.07, 6.45) is 5.55. The average Bonchev–Trinajstić information content (AvgIpc) is 2.62. The molecule has 2 heteroatoms. The van der Waals surface area contributed by atoms with Gasteiger partial charge in [-0.25, -0.2) is 0 Å². The molecule has 1 heterocycles. The minimum absolute atomic E-state index is 0.288. The number of hydrogen-bond donors (Lipinski definition) is 1. The van der Waals surface area contributed by atoms with Gasteiger partial charge in [-0.3, -0.25) is 4.79 Å². The highest BCUT2D eigenvalue weighted by Gasteiger charge is 2.58. The molecule has 2 nitrogen and oxygen atoms in total. The molecule has 2 fully saturated rings. The number of fused-ring (bicyclic) bond motifs is 2. The van der Waals surface area contributed by atoms with Gasteiger partial charge in [0.2, 0.25) is 5.91 Å². The van der Waals surface area contributed by atoms with E-state index in [1.165, 1.54) is 6.42 Å². The van der Waals surface area contributed by atoms with E-state index in [1.54, 1.807) is 0 Å². The average molecular weight is 135 g/mol. The van der Waals surface area contributed by atoms with Crippen molar-refractivity contribution >= 4 is 5.91 Å². The largest absolute Gasteiger partial charge is 0.350 e. The molecular formula is C8H9NO. The fourth-order valence-corrected chi connectivity index (χ4v) is 2.36. The van der Waals surface area contributed by atoms with E-state index >= 15 is 0 Å². The number of rotatable bonds is 0. The van der Waals surface area contributed by atoms with Crippen LogP contribution < -0.4 is 5.32 Å². The van der Waals surface area contributed by atoms with Gasteiger partial charge in [-0.1, -0.05) is 12.2 Å². The van der Waals surface area contributed by atoms with Crippen LogP contribution in [0.25, 0.3) is 0 Å². The van der Waals surface area contributed by atoms with Crippen LogP contribution in [-0.4, -0.2) is 11.9 Å². The maximum atomic E-state index is 11.1. The highest BCUT2D eigenvalue weighted by atomic mass is 16.2. The fraction of sp³-hybridized carbons (Fsp3) is 0.625. The smallest absolute Gasteiger partial charge is 0.224 e. The molecule has 0 aromatic heterocycles. The molecule has 1 aliphatic heterocycles. The van der Waals surface area contributed by atoms with Gasteiger partial charge in [0.25, 0.3) is 0 Å². The fourth-order valence-electron chi connectivity index (χ4n) is 2.36. The standard InChI is InChI=1S/C8H9NO/c10-8-7-5-2-1-4(9-8)3-6(5)7/h1-2,4-7H,3H2,(H,9,10). The third kappa shape index (κ3) is 0.405. The number of carbonyl (C=O) groups is 1. The Kier molecular flexibility index (Phi) is 0.636. The first kappa shape index (κ1) is 4.94. The van der Waals surface area contributed by atoms with Gasteiger partial charge in [-0.2, -0.15) is 0 Å². The zero-order valence-electron chi connectivity index (χ0n) is 5.58. The molecule has 0 aromatic carbocycles. The summed E-state index contributed by atoms with van der Waals surface area (Å²) in [6, 6.07) is 0.368. The second kappa shape index (κ2) is 1.29. The van der Waals surface area contributed by atoms with Gasteiger partial charge in [0.15, 0.2) is 0 Å². The third-order valence-electron chi connectivity index (χ3n) is 2.95. The molecule has 1 N–H and O–H groups in total. The minimum Gasteiger partial charge on any atom is -0.350 e. The van der Waals surface area contributed by atoms with E-state index in [0.717, 1.165) is 0 Å². The Bertz CT molecular complexity index is 229. The predicted molar refractivity (Wildman–Crippen MR) is 36.2 cm³/mol. The Balaban J connectivity index is 2.06. The molecule has 10 heavy (non-hydrogen) atoms. The van der Waals surface area contributed by atoms with Gasteiger partial charge in [0, 0.05) is 12.0 Å². The number of allylic oxidation sites excluding steroid dienone is 1. The number of piperidine rings is 1. The third-order valence-corrected chi connectivity index (χ3v) is 2.95. The van der Waals surface area contributed by atoms with Crippen molar-refractivity contribution in [3.8, 4) is 0 Å². The summed E-state index contributed by atoms with van der Waals surface area (Å²) in [5, 5.41) is 2.97. The van der Waals surface area contributed by atoms with Gasteiger partial charge < -0.3 is 5.32 Å². The summed E-state index contributed by atoms with van der Waals surface area (Å²) in [7, 11) is 0. The van der Waals surface area contributed by atoms with E-state index in [2.05, 4.69) is 17.5 Å². The van der Waals surface area contributed by atoms with E-state index in [-0.39, 0.29) is 5.91 Å². The molecule has 1 amide bonds. The van der Waals surface area contributed by atoms with Crippen LogP contribution in [0, 0.1) is 17.8 Å². The van der Waals surface area contributed by atoms with Crippen molar-refractivity contribution in [2.24, 2.45) is 17.8 Å². The number of carbonyl (C=O) groups excluding carboxylic acids is 1. The zero-order chi connectivity index (χ0) is 6.72. The highest BCUT2D eigenvalue weighted by Crippen LogP contribution is 2.54.